The van der Waals surface area contributed by atoms with Gasteiger partial charge in [0.25, 0.3) is 0 Å². The first kappa shape index (κ1) is 13.8. The zero-order valence-electron chi connectivity index (χ0n) is 10.3. The highest BCUT2D eigenvalue weighted by molar-refractivity contribution is 7.87. The monoisotopic (exact) mass is 261 g/mol. The number of thiazole rings is 1. The van der Waals surface area contributed by atoms with E-state index in [2.05, 4.69) is 25.8 Å². The summed E-state index contributed by atoms with van der Waals surface area (Å²) < 4.78 is 17.5. The fourth-order valence-electron chi connectivity index (χ4n) is 1.13. The van der Waals surface area contributed by atoms with E-state index in [4.69, 9.17) is 4.74 Å². The molecule has 0 aliphatic rings. The van der Waals surface area contributed by atoms with Crippen LogP contribution >= 0.6 is 11.3 Å². The minimum absolute atomic E-state index is 0.0899. The largest absolute Gasteiger partial charge is 0.385 e. The Balaban J connectivity index is 2.60. The third kappa shape index (κ3) is 3.96. The van der Waals surface area contributed by atoms with Crippen LogP contribution in [0.15, 0.2) is 10.5 Å². The second-order valence-electron chi connectivity index (χ2n) is 4.64. The second-order valence-corrected chi connectivity index (χ2v) is 7.41. The van der Waals surface area contributed by atoms with Gasteiger partial charge in [-0.1, -0.05) is 20.8 Å². The lowest BCUT2D eigenvalue weighted by atomic mass is 9.96. The van der Waals surface area contributed by atoms with Crippen molar-refractivity contribution in [3.8, 4) is 0 Å². The summed E-state index contributed by atoms with van der Waals surface area (Å²) in [6, 6.07) is 0. The standard InChI is InChI=1S/C11H19NO2S2/c1-11(2,3)9-8-12-10(15-9)16(13)7-5-6-14-4/h8H,5-7H2,1-4H3/t16-/m1/s1. The molecule has 1 rings (SSSR count). The van der Waals surface area contributed by atoms with Gasteiger partial charge in [0.05, 0.1) is 10.8 Å². The fraction of sp³-hybridized carbons (Fsp3) is 0.727. The summed E-state index contributed by atoms with van der Waals surface area (Å²) in [4.78, 5) is 5.42. The number of ether oxygens (including phenoxy) is 1. The second kappa shape index (κ2) is 5.89. The molecule has 0 aliphatic carbocycles. The molecule has 0 N–H and O–H groups in total. The molecule has 1 atom stereocenters. The van der Waals surface area contributed by atoms with Gasteiger partial charge in [-0.3, -0.25) is 4.21 Å². The highest BCUT2D eigenvalue weighted by Gasteiger charge is 2.18. The quantitative estimate of drug-likeness (QED) is 0.765. The Kier molecular flexibility index (Phi) is 5.08. The van der Waals surface area contributed by atoms with Crippen molar-refractivity contribution in [3.63, 3.8) is 0 Å². The topological polar surface area (TPSA) is 39.2 Å². The number of hydrogen-bond acceptors (Lipinski definition) is 4. The lowest BCUT2D eigenvalue weighted by Crippen LogP contribution is -2.07. The average Bonchev–Trinajstić information content (AvgIpc) is 2.66. The van der Waals surface area contributed by atoms with Crippen LogP contribution in [-0.4, -0.2) is 28.7 Å². The molecule has 0 radical (unpaired) electrons. The van der Waals surface area contributed by atoms with Crippen molar-refractivity contribution >= 4 is 22.1 Å². The Bertz CT molecular complexity index is 355. The van der Waals surface area contributed by atoms with Gasteiger partial charge in [0.15, 0.2) is 4.34 Å². The molecular weight excluding hydrogens is 242 g/mol. The first-order valence-corrected chi connectivity index (χ1v) is 7.42. The Morgan fingerprint density at radius 3 is 2.69 bits per heavy atom. The van der Waals surface area contributed by atoms with Crippen LogP contribution in [0, 0.1) is 0 Å². The van der Waals surface area contributed by atoms with Gasteiger partial charge >= 0.3 is 0 Å². The highest BCUT2D eigenvalue weighted by Crippen LogP contribution is 2.29. The number of hydrogen-bond donors (Lipinski definition) is 0. The molecule has 0 fully saturated rings. The average molecular weight is 261 g/mol. The third-order valence-corrected chi connectivity index (χ3v) is 5.28. The van der Waals surface area contributed by atoms with Crippen molar-refractivity contribution in [3.05, 3.63) is 11.1 Å². The van der Waals surface area contributed by atoms with Crippen LogP contribution in [0.5, 0.6) is 0 Å². The van der Waals surface area contributed by atoms with Crippen molar-refractivity contribution in [2.24, 2.45) is 0 Å². The third-order valence-electron chi connectivity index (χ3n) is 2.10. The molecule has 1 heterocycles. The van der Waals surface area contributed by atoms with Gasteiger partial charge in [-0.15, -0.1) is 11.3 Å². The van der Waals surface area contributed by atoms with E-state index in [0.29, 0.717) is 12.4 Å². The van der Waals surface area contributed by atoms with Crippen molar-refractivity contribution in [1.82, 2.24) is 4.98 Å². The molecule has 1 aromatic rings. The summed E-state index contributed by atoms with van der Waals surface area (Å²) in [5.41, 5.74) is 0.0899. The van der Waals surface area contributed by atoms with Crippen LogP contribution < -0.4 is 0 Å². The number of methoxy groups -OCH3 is 1. The van der Waals surface area contributed by atoms with Crippen molar-refractivity contribution in [1.29, 1.82) is 0 Å². The lowest BCUT2D eigenvalue weighted by Gasteiger charge is -2.14. The lowest BCUT2D eigenvalue weighted by molar-refractivity contribution is 0.200. The molecule has 0 saturated carbocycles. The first-order valence-electron chi connectivity index (χ1n) is 5.29. The first-order chi connectivity index (χ1) is 7.45. The molecule has 0 aromatic carbocycles. The van der Waals surface area contributed by atoms with Crippen LogP contribution in [0.3, 0.4) is 0 Å². The van der Waals surface area contributed by atoms with Gasteiger partial charge in [-0.2, -0.15) is 0 Å². The van der Waals surface area contributed by atoms with Crippen molar-refractivity contribution < 1.29 is 8.95 Å². The van der Waals surface area contributed by atoms with Gasteiger partial charge in [-0.05, 0) is 11.8 Å². The number of nitrogens with zero attached hydrogens (tertiary/aromatic N) is 1. The molecule has 92 valence electrons. The maximum Gasteiger partial charge on any atom is 0.180 e. The maximum absolute atomic E-state index is 11.9. The molecule has 0 saturated heterocycles. The minimum atomic E-state index is -0.971. The van der Waals surface area contributed by atoms with Gasteiger partial charge in [-0.25, -0.2) is 4.98 Å². The molecule has 0 bridgehead atoms. The molecule has 0 unspecified atom stereocenters. The van der Waals surface area contributed by atoms with Crippen LogP contribution in [-0.2, 0) is 21.0 Å². The summed E-state index contributed by atoms with van der Waals surface area (Å²) in [6.45, 7) is 7.07. The van der Waals surface area contributed by atoms with E-state index in [1.54, 1.807) is 18.4 Å². The molecule has 0 aliphatic heterocycles. The van der Waals surface area contributed by atoms with Gasteiger partial charge < -0.3 is 4.74 Å². The predicted molar refractivity (Wildman–Crippen MR) is 68.6 cm³/mol. The molecule has 0 spiro atoms. The summed E-state index contributed by atoms with van der Waals surface area (Å²) in [7, 11) is 0.685. The van der Waals surface area contributed by atoms with Crippen molar-refractivity contribution in [2.75, 3.05) is 19.5 Å². The molecular formula is C11H19NO2S2. The number of rotatable bonds is 5. The van der Waals surface area contributed by atoms with Gasteiger partial charge in [0, 0.05) is 30.5 Å². The van der Waals surface area contributed by atoms with E-state index in [9.17, 15) is 4.21 Å². The molecule has 3 nitrogen and oxygen atoms in total. The smallest absolute Gasteiger partial charge is 0.180 e. The Hall–Kier alpha value is -0.260. The molecule has 1 aromatic heterocycles. The minimum Gasteiger partial charge on any atom is -0.385 e. The zero-order valence-corrected chi connectivity index (χ0v) is 11.9. The Morgan fingerprint density at radius 1 is 1.50 bits per heavy atom. The maximum atomic E-state index is 11.9. The summed E-state index contributed by atoms with van der Waals surface area (Å²) >= 11 is 1.55. The number of aromatic nitrogens is 1. The fourth-order valence-corrected chi connectivity index (χ4v) is 3.45. The van der Waals surface area contributed by atoms with Crippen molar-refractivity contribution in [2.45, 2.75) is 36.9 Å². The SMILES string of the molecule is COCCC[S@@](=O)c1ncc(C(C)(C)C)s1. The molecule has 16 heavy (non-hydrogen) atoms. The predicted octanol–water partition coefficient (Wildman–Crippen LogP) is 2.58. The summed E-state index contributed by atoms with van der Waals surface area (Å²) in [5.74, 6) is 0.630. The van der Waals surface area contributed by atoms with E-state index in [-0.39, 0.29) is 5.41 Å². The molecule has 0 amide bonds. The van der Waals surface area contributed by atoms with E-state index in [1.807, 2.05) is 6.20 Å². The van der Waals surface area contributed by atoms with E-state index in [0.717, 1.165) is 10.8 Å². The van der Waals surface area contributed by atoms with E-state index < -0.39 is 10.8 Å². The highest BCUT2D eigenvalue weighted by atomic mass is 32.2. The summed E-state index contributed by atoms with van der Waals surface area (Å²) in [6.07, 6.45) is 2.65. The van der Waals surface area contributed by atoms with Crippen LogP contribution in [0.1, 0.15) is 32.1 Å². The van der Waals surface area contributed by atoms with Gasteiger partial charge in [0.1, 0.15) is 0 Å². The van der Waals surface area contributed by atoms with Crippen LogP contribution in [0.2, 0.25) is 0 Å². The van der Waals surface area contributed by atoms with Gasteiger partial charge in [0.2, 0.25) is 0 Å². The van der Waals surface area contributed by atoms with Crippen LogP contribution in [0.25, 0.3) is 0 Å². The normalized spacial score (nSPS) is 14.0. The summed E-state index contributed by atoms with van der Waals surface area (Å²) in [5, 5.41) is 0. The van der Waals surface area contributed by atoms with E-state index >= 15 is 0 Å². The Labute approximate surface area is 104 Å². The van der Waals surface area contributed by atoms with Crippen LogP contribution in [0.4, 0.5) is 0 Å². The molecule has 5 heteroatoms. The van der Waals surface area contributed by atoms with E-state index in [1.165, 1.54) is 4.88 Å². The zero-order chi connectivity index (χ0) is 12.2. The Morgan fingerprint density at radius 2 is 2.19 bits per heavy atom.